The van der Waals surface area contributed by atoms with E-state index in [0.29, 0.717) is 0 Å². The van der Waals surface area contributed by atoms with Gasteiger partial charge in [-0.15, -0.1) is 0 Å². The van der Waals surface area contributed by atoms with Crippen LogP contribution >= 0.6 is 0 Å². The minimum absolute atomic E-state index is 0. The molecule has 0 amide bonds. The Morgan fingerprint density at radius 1 is 0.262 bits per heavy atom. The third-order valence-corrected chi connectivity index (χ3v) is 10.9. The maximum atomic E-state index is 10.2. The number of carboxylic acids is 3. The summed E-state index contributed by atoms with van der Waals surface area (Å²) < 4.78 is 0. The standard InChI is InChI=1S/3C18H34O2.Ga/c3*1-2-3-4-5-6-7-8-9-10-11-12-13-14-15-16-17-18(19)20;/h3*9-10H,2-8,11-17H2,1H3,(H,19,20);/q;;;+3/p-3. The van der Waals surface area contributed by atoms with Crippen molar-refractivity contribution in [2.24, 2.45) is 0 Å². The van der Waals surface area contributed by atoms with Crippen molar-refractivity contribution in [3.63, 3.8) is 0 Å². The molecule has 0 rings (SSSR count). The average molecular weight is 914 g/mol. The van der Waals surface area contributed by atoms with Crippen LogP contribution in [0.3, 0.4) is 0 Å². The van der Waals surface area contributed by atoms with Gasteiger partial charge in [0.05, 0.1) is 0 Å². The maximum Gasteiger partial charge on any atom is 3.00 e. The first-order valence-electron chi connectivity index (χ1n) is 25.9. The Morgan fingerprint density at radius 2 is 0.410 bits per heavy atom. The van der Waals surface area contributed by atoms with Gasteiger partial charge in [-0.3, -0.25) is 0 Å². The molecule has 0 aromatic rings. The van der Waals surface area contributed by atoms with Crippen LogP contribution in [0.25, 0.3) is 0 Å². The van der Waals surface area contributed by atoms with E-state index in [1.807, 2.05) is 0 Å². The molecule has 0 saturated carbocycles. The molecule has 0 unspecified atom stereocenters. The van der Waals surface area contributed by atoms with Gasteiger partial charge in [0, 0.05) is 17.9 Å². The van der Waals surface area contributed by atoms with Crippen LogP contribution in [-0.4, -0.2) is 37.7 Å². The molecular formula is C54H99GaO6. The molecule has 61 heavy (non-hydrogen) atoms. The summed E-state index contributed by atoms with van der Waals surface area (Å²) >= 11 is 0. The van der Waals surface area contributed by atoms with Crippen molar-refractivity contribution >= 4 is 37.7 Å². The third kappa shape index (κ3) is 76.0. The monoisotopic (exact) mass is 913 g/mol. The van der Waals surface area contributed by atoms with Gasteiger partial charge in [-0.05, 0) is 116 Å². The van der Waals surface area contributed by atoms with Crippen LogP contribution in [0.5, 0.6) is 0 Å². The fourth-order valence-corrected chi connectivity index (χ4v) is 7.02. The maximum absolute atomic E-state index is 10.2. The number of carbonyl (C=O) groups excluding carboxylic acids is 3. The Bertz CT molecular complexity index is 827. The molecule has 0 fully saturated rings. The van der Waals surface area contributed by atoms with E-state index in [0.717, 1.165) is 57.8 Å². The molecular weight excluding hydrogens is 814 g/mol. The molecule has 0 saturated heterocycles. The second kappa shape index (κ2) is 62.6. The second-order valence-corrected chi connectivity index (χ2v) is 17.1. The van der Waals surface area contributed by atoms with E-state index in [1.165, 1.54) is 193 Å². The summed E-state index contributed by atoms with van der Waals surface area (Å²) in [6.45, 7) is 6.77. The van der Waals surface area contributed by atoms with E-state index < -0.39 is 17.9 Å². The van der Waals surface area contributed by atoms with E-state index in [9.17, 15) is 29.7 Å². The summed E-state index contributed by atoms with van der Waals surface area (Å²) in [6, 6.07) is 0. The molecule has 0 atom stereocenters. The molecule has 0 spiro atoms. The summed E-state index contributed by atoms with van der Waals surface area (Å²) in [5.74, 6) is -2.74. The summed E-state index contributed by atoms with van der Waals surface area (Å²) in [5.41, 5.74) is 0. The van der Waals surface area contributed by atoms with Gasteiger partial charge in [-0.2, -0.15) is 0 Å². The number of aliphatic carboxylic acids is 3. The SMILES string of the molecule is CCCCCCCCC=CCCCCCCCC(=O)[O-].CCCCCCCCC=CCCCCCCCC(=O)[O-].CCCCCCCCC=CCCCCCCCC(=O)[O-].[Ga+3]. The molecule has 0 radical (unpaired) electrons. The smallest absolute Gasteiger partial charge is 0.550 e. The van der Waals surface area contributed by atoms with Crippen molar-refractivity contribution in [1.29, 1.82) is 0 Å². The van der Waals surface area contributed by atoms with Crippen molar-refractivity contribution in [1.82, 2.24) is 0 Å². The Balaban J connectivity index is -0.000000396. The number of hydrogen-bond donors (Lipinski definition) is 0. The van der Waals surface area contributed by atoms with Gasteiger partial charge in [0.15, 0.2) is 0 Å². The molecule has 0 heterocycles. The second-order valence-electron chi connectivity index (χ2n) is 17.1. The fourth-order valence-electron chi connectivity index (χ4n) is 7.02. The number of carbonyl (C=O) groups is 3. The van der Waals surface area contributed by atoms with Crippen molar-refractivity contribution in [3.05, 3.63) is 36.5 Å². The third-order valence-electron chi connectivity index (χ3n) is 10.9. The predicted octanol–water partition coefficient (Wildman–Crippen LogP) is 13.9. The van der Waals surface area contributed by atoms with E-state index in [2.05, 4.69) is 57.2 Å². The summed E-state index contributed by atoms with van der Waals surface area (Å²) in [6.07, 6.45) is 62.7. The Kier molecular flexibility index (Phi) is 67.6. The first kappa shape index (κ1) is 65.9. The van der Waals surface area contributed by atoms with E-state index in [4.69, 9.17) is 0 Å². The van der Waals surface area contributed by atoms with Gasteiger partial charge in [0.25, 0.3) is 0 Å². The zero-order valence-electron chi connectivity index (χ0n) is 40.7. The van der Waals surface area contributed by atoms with Gasteiger partial charge in [-0.25, -0.2) is 0 Å². The molecule has 0 aliphatic carbocycles. The molecule has 7 heteroatoms. The molecule has 0 aliphatic heterocycles. The molecule has 0 aromatic carbocycles. The normalized spacial score (nSPS) is 11.1. The number of rotatable bonds is 45. The molecule has 6 nitrogen and oxygen atoms in total. The first-order chi connectivity index (χ1) is 29.3. The van der Waals surface area contributed by atoms with Gasteiger partial charge < -0.3 is 29.7 Å². The van der Waals surface area contributed by atoms with Crippen LogP contribution in [0.1, 0.15) is 290 Å². The predicted molar refractivity (Wildman–Crippen MR) is 259 cm³/mol. The quantitative estimate of drug-likeness (QED) is 0.0341. The number of carboxylic acid groups (broad SMARTS) is 3. The van der Waals surface area contributed by atoms with Crippen molar-refractivity contribution < 1.29 is 29.7 Å². The van der Waals surface area contributed by atoms with E-state index in [1.54, 1.807) is 0 Å². The minimum Gasteiger partial charge on any atom is -0.550 e. The average Bonchev–Trinajstić information content (AvgIpc) is 3.22. The molecule has 0 aliphatic rings. The van der Waals surface area contributed by atoms with E-state index >= 15 is 0 Å². The van der Waals surface area contributed by atoms with Gasteiger partial charge >= 0.3 is 19.8 Å². The van der Waals surface area contributed by atoms with E-state index in [-0.39, 0.29) is 39.1 Å². The fraction of sp³-hybridized carbons (Fsp3) is 0.833. The first-order valence-corrected chi connectivity index (χ1v) is 25.9. The number of unbranched alkanes of at least 4 members (excludes halogenated alkanes) is 33. The number of allylic oxidation sites excluding steroid dienone is 6. The molecule has 354 valence electrons. The Hall–Kier alpha value is -1.73. The minimum atomic E-state index is -0.914. The van der Waals surface area contributed by atoms with Gasteiger partial charge in [-0.1, -0.05) is 211 Å². The van der Waals surface area contributed by atoms with Crippen LogP contribution in [0.15, 0.2) is 36.5 Å². The number of hydrogen-bond acceptors (Lipinski definition) is 6. The molecule has 0 N–H and O–H groups in total. The van der Waals surface area contributed by atoms with Crippen molar-refractivity contribution in [2.75, 3.05) is 0 Å². The van der Waals surface area contributed by atoms with Crippen LogP contribution in [0.2, 0.25) is 0 Å². The molecule has 0 bridgehead atoms. The summed E-state index contributed by atoms with van der Waals surface area (Å²) in [7, 11) is 0. The van der Waals surface area contributed by atoms with Gasteiger partial charge in [0.2, 0.25) is 0 Å². The molecule has 0 aromatic heterocycles. The van der Waals surface area contributed by atoms with Crippen molar-refractivity contribution in [3.8, 4) is 0 Å². The van der Waals surface area contributed by atoms with Crippen LogP contribution in [0.4, 0.5) is 0 Å². The van der Waals surface area contributed by atoms with Gasteiger partial charge in [0.1, 0.15) is 0 Å². The van der Waals surface area contributed by atoms with Crippen molar-refractivity contribution in [2.45, 2.75) is 290 Å². The van der Waals surface area contributed by atoms with Crippen LogP contribution in [-0.2, 0) is 14.4 Å². The zero-order chi connectivity index (χ0) is 44.7. The van der Waals surface area contributed by atoms with Crippen LogP contribution in [0, 0.1) is 0 Å². The Morgan fingerprint density at radius 3 is 0.574 bits per heavy atom. The zero-order valence-corrected chi connectivity index (χ0v) is 43.1. The van der Waals surface area contributed by atoms with Crippen LogP contribution < -0.4 is 15.3 Å². The summed E-state index contributed by atoms with van der Waals surface area (Å²) in [5, 5.41) is 30.6. The topological polar surface area (TPSA) is 120 Å². The largest absolute Gasteiger partial charge is 3.00 e. The summed E-state index contributed by atoms with van der Waals surface area (Å²) in [4.78, 5) is 30.6. The Labute approximate surface area is 392 Å².